The van der Waals surface area contributed by atoms with Crippen LogP contribution in [0.2, 0.25) is 0 Å². The summed E-state index contributed by atoms with van der Waals surface area (Å²) in [5.41, 5.74) is 6.31. The van der Waals surface area contributed by atoms with Crippen LogP contribution in [-0.2, 0) is 16.1 Å². The van der Waals surface area contributed by atoms with E-state index < -0.39 is 0 Å². The normalized spacial score (nSPS) is 16.3. The maximum atomic E-state index is 12.9. The van der Waals surface area contributed by atoms with Crippen LogP contribution in [0.1, 0.15) is 62.9 Å². The van der Waals surface area contributed by atoms with Crippen molar-refractivity contribution in [3.05, 3.63) is 29.6 Å². The number of carbonyl (C=O) groups is 2. The first-order chi connectivity index (χ1) is 15.9. The summed E-state index contributed by atoms with van der Waals surface area (Å²) < 4.78 is 13.5. The quantitative estimate of drug-likeness (QED) is 0.509. The summed E-state index contributed by atoms with van der Waals surface area (Å²) in [6.45, 7) is 5.84. The van der Waals surface area contributed by atoms with Gasteiger partial charge in [0.15, 0.2) is 16.7 Å². The van der Waals surface area contributed by atoms with Crippen LogP contribution in [0.25, 0.3) is 0 Å². The van der Waals surface area contributed by atoms with Crippen LogP contribution in [0, 0.1) is 5.92 Å². The Labute approximate surface area is 197 Å². The zero-order valence-corrected chi connectivity index (χ0v) is 19.9. The maximum Gasteiger partial charge on any atom is 0.230 e. The average molecular weight is 474 g/mol. The molecule has 1 fully saturated rings. The number of ether oxygens (including phenoxy) is 2. The fourth-order valence-corrected chi connectivity index (χ4v) is 4.62. The summed E-state index contributed by atoms with van der Waals surface area (Å²) in [5, 5.41) is 12.4. The van der Waals surface area contributed by atoms with Crippen LogP contribution in [0.15, 0.2) is 23.4 Å². The molecule has 1 aromatic heterocycles. The lowest BCUT2D eigenvalue weighted by molar-refractivity contribution is -0.120. The van der Waals surface area contributed by atoms with Crippen LogP contribution >= 0.6 is 11.8 Å². The molecule has 0 radical (unpaired) electrons. The number of hydrogen-bond donors (Lipinski definition) is 2. The number of thioether (sulfide) groups is 1. The molecule has 0 saturated heterocycles. The summed E-state index contributed by atoms with van der Waals surface area (Å²) >= 11 is 1.33. The van der Waals surface area contributed by atoms with Gasteiger partial charge in [-0.25, -0.2) is 0 Å². The monoisotopic (exact) mass is 473 g/mol. The summed E-state index contributed by atoms with van der Waals surface area (Å²) in [5.74, 6) is 2.65. The first-order valence-corrected chi connectivity index (χ1v) is 12.4. The van der Waals surface area contributed by atoms with Gasteiger partial charge in [0.2, 0.25) is 11.8 Å². The number of primary amides is 1. The highest BCUT2D eigenvalue weighted by molar-refractivity contribution is 7.99. The predicted octanol–water partition coefficient (Wildman–Crippen LogP) is 2.80. The van der Waals surface area contributed by atoms with Crippen LogP contribution in [-0.4, -0.2) is 45.5 Å². The fraction of sp³-hybridized carbons (Fsp3) is 0.565. The van der Waals surface area contributed by atoms with E-state index in [2.05, 4.69) is 29.4 Å². The minimum absolute atomic E-state index is 0.0942. The molecular weight excluding hydrogens is 442 g/mol. The summed E-state index contributed by atoms with van der Waals surface area (Å²) in [6.07, 6.45) is 3.21. The van der Waals surface area contributed by atoms with Crippen molar-refractivity contribution >= 4 is 23.6 Å². The Hall–Kier alpha value is -2.75. The number of hydrogen-bond acceptors (Lipinski definition) is 7. The van der Waals surface area contributed by atoms with Crippen molar-refractivity contribution in [3.63, 3.8) is 0 Å². The second-order valence-electron chi connectivity index (χ2n) is 8.82. The van der Waals surface area contributed by atoms with E-state index in [1.54, 1.807) is 0 Å². The molecule has 0 bridgehead atoms. The van der Waals surface area contributed by atoms with Gasteiger partial charge in [-0.15, -0.1) is 10.2 Å². The van der Waals surface area contributed by atoms with Gasteiger partial charge >= 0.3 is 0 Å². The third-order valence-corrected chi connectivity index (χ3v) is 6.68. The summed E-state index contributed by atoms with van der Waals surface area (Å²) in [6, 6.07) is 5.69. The zero-order chi connectivity index (χ0) is 23.4. The maximum absolute atomic E-state index is 12.9. The number of nitrogens with one attached hydrogen (secondary N) is 1. The first-order valence-electron chi connectivity index (χ1n) is 11.5. The molecule has 1 aliphatic carbocycles. The largest absolute Gasteiger partial charge is 0.490 e. The standard InChI is InChI=1S/C23H31N5O4S/c1-14(2)21(16-6-7-17-18(12-16)32-11-3-10-31-17)25-20(30)13-33-23-27-26-22(15-4-5-15)28(23)9-8-19(24)29/h6-7,12,14-15,21H,3-5,8-11,13H2,1-2H3,(H2,24,29)(H,25,30)/t21-/m0/s1. The second kappa shape index (κ2) is 10.5. The zero-order valence-electron chi connectivity index (χ0n) is 19.1. The second-order valence-corrected chi connectivity index (χ2v) is 9.76. The van der Waals surface area contributed by atoms with E-state index >= 15 is 0 Å². The van der Waals surface area contributed by atoms with Gasteiger partial charge in [0.05, 0.1) is 25.0 Å². The van der Waals surface area contributed by atoms with Gasteiger partial charge in [-0.1, -0.05) is 31.7 Å². The van der Waals surface area contributed by atoms with Crippen molar-refractivity contribution < 1.29 is 19.1 Å². The van der Waals surface area contributed by atoms with Gasteiger partial charge < -0.3 is 25.1 Å². The number of nitrogens with zero attached hydrogens (tertiary/aromatic N) is 3. The number of carbonyl (C=O) groups excluding carboxylic acids is 2. The van der Waals surface area contributed by atoms with Crippen LogP contribution in [0.4, 0.5) is 0 Å². The molecule has 1 atom stereocenters. The van der Waals surface area contributed by atoms with E-state index in [1.165, 1.54) is 11.8 Å². The van der Waals surface area contributed by atoms with E-state index in [0.717, 1.165) is 42.1 Å². The van der Waals surface area contributed by atoms with Gasteiger partial charge in [0.1, 0.15) is 5.82 Å². The number of amides is 2. The van der Waals surface area contributed by atoms with Crippen molar-refractivity contribution in [2.24, 2.45) is 11.7 Å². The molecule has 33 heavy (non-hydrogen) atoms. The van der Waals surface area contributed by atoms with Gasteiger partial charge in [-0.3, -0.25) is 9.59 Å². The molecule has 0 spiro atoms. The third kappa shape index (κ3) is 5.98. The molecule has 9 nitrogen and oxygen atoms in total. The molecule has 0 unspecified atom stereocenters. The van der Waals surface area contributed by atoms with Gasteiger partial charge in [0.25, 0.3) is 0 Å². The number of rotatable bonds is 10. The molecular formula is C23H31N5O4S. The van der Waals surface area contributed by atoms with Crippen LogP contribution in [0.5, 0.6) is 11.5 Å². The highest BCUT2D eigenvalue weighted by Crippen LogP contribution is 2.40. The number of fused-ring (bicyclic) bond motifs is 1. The average Bonchev–Trinajstić information content (AvgIpc) is 3.58. The SMILES string of the molecule is CC(C)[C@H](NC(=O)CSc1nnc(C2CC2)n1CCC(N)=O)c1ccc2c(c1)OCCCO2. The molecule has 10 heteroatoms. The lowest BCUT2D eigenvalue weighted by atomic mass is 9.95. The summed E-state index contributed by atoms with van der Waals surface area (Å²) in [4.78, 5) is 24.1. The van der Waals surface area contributed by atoms with Crippen molar-refractivity contribution in [2.45, 2.75) is 63.2 Å². The molecule has 2 heterocycles. The molecule has 178 valence electrons. The molecule has 2 aliphatic rings. The lowest BCUT2D eigenvalue weighted by Gasteiger charge is -2.24. The highest BCUT2D eigenvalue weighted by atomic mass is 32.2. The minimum atomic E-state index is -0.367. The Morgan fingerprint density at radius 2 is 1.97 bits per heavy atom. The van der Waals surface area contributed by atoms with Crippen LogP contribution < -0.4 is 20.5 Å². The van der Waals surface area contributed by atoms with Crippen LogP contribution in [0.3, 0.4) is 0 Å². The van der Waals surface area contributed by atoms with E-state index in [9.17, 15) is 9.59 Å². The highest BCUT2D eigenvalue weighted by Gasteiger charge is 2.30. The van der Waals surface area contributed by atoms with E-state index in [0.29, 0.717) is 30.8 Å². The molecule has 1 saturated carbocycles. The van der Waals surface area contributed by atoms with Gasteiger partial charge in [0, 0.05) is 25.3 Å². The van der Waals surface area contributed by atoms with Crippen molar-refractivity contribution in [2.75, 3.05) is 19.0 Å². The third-order valence-electron chi connectivity index (χ3n) is 5.72. The van der Waals surface area contributed by atoms with E-state index in [4.69, 9.17) is 15.2 Å². The predicted molar refractivity (Wildman–Crippen MR) is 124 cm³/mol. The van der Waals surface area contributed by atoms with Crippen molar-refractivity contribution in [3.8, 4) is 11.5 Å². The van der Waals surface area contributed by atoms with Gasteiger partial charge in [-0.2, -0.15) is 0 Å². The molecule has 3 N–H and O–H groups in total. The number of benzene rings is 1. The molecule has 4 rings (SSSR count). The molecule has 1 aromatic carbocycles. The smallest absolute Gasteiger partial charge is 0.230 e. The minimum Gasteiger partial charge on any atom is -0.490 e. The number of nitrogens with two attached hydrogens (primary N) is 1. The molecule has 2 aromatic rings. The summed E-state index contributed by atoms with van der Waals surface area (Å²) in [7, 11) is 0. The fourth-order valence-electron chi connectivity index (χ4n) is 3.84. The Bertz CT molecular complexity index is 1000. The van der Waals surface area contributed by atoms with Crippen molar-refractivity contribution in [1.82, 2.24) is 20.1 Å². The molecule has 2 amide bonds. The lowest BCUT2D eigenvalue weighted by Crippen LogP contribution is -2.33. The topological polar surface area (TPSA) is 121 Å². The number of aromatic nitrogens is 3. The van der Waals surface area contributed by atoms with Crippen molar-refractivity contribution in [1.29, 1.82) is 0 Å². The first kappa shape index (κ1) is 23.4. The van der Waals surface area contributed by atoms with E-state index in [-0.39, 0.29) is 35.9 Å². The van der Waals surface area contributed by atoms with Gasteiger partial charge in [-0.05, 0) is 36.5 Å². The molecule has 1 aliphatic heterocycles. The Morgan fingerprint density at radius 1 is 1.21 bits per heavy atom. The Morgan fingerprint density at radius 3 is 2.67 bits per heavy atom. The van der Waals surface area contributed by atoms with E-state index in [1.807, 2.05) is 22.8 Å². The Kier molecular flexibility index (Phi) is 7.42. The Balaban J connectivity index is 1.41.